The molecule has 0 unspecified atom stereocenters. The number of hydrogen-bond acceptors (Lipinski definition) is 3. The van der Waals surface area contributed by atoms with Crippen molar-refractivity contribution in [3.05, 3.63) is 186 Å². The number of anilines is 5. The molecule has 1 aliphatic heterocycles. The molecule has 0 saturated carbocycles. The highest BCUT2D eigenvalue weighted by Crippen LogP contribution is 2.53. The standard InChI is InChI=1S/C65H63BN2O/c1-40-34-50-53(65(8,9)33-30-62(50,2)3)39-56(40)68-57-35-44(42-20-14-11-15-21-42)26-29-54(57)66-59-48(36-49-46-22-16-17-23-58(46)69-61(49)60(59)68)47-37-51-52(64(6,7)32-31-63(51,4)5)38-55(47)67-45-27-24-43(25-28-45)41-18-12-10-13-19-41/h10-29,34-39,66-67H,30-33H2,1-9H3. The minimum Gasteiger partial charge on any atom is -0.454 e. The average molecular weight is 899 g/mol. The van der Waals surface area contributed by atoms with E-state index < -0.39 is 0 Å². The van der Waals surface area contributed by atoms with Crippen molar-refractivity contribution in [3.63, 3.8) is 0 Å². The Hall–Kier alpha value is -6.78. The van der Waals surface area contributed by atoms with Crippen molar-refractivity contribution in [2.75, 3.05) is 10.2 Å². The van der Waals surface area contributed by atoms with Gasteiger partial charge in [0.1, 0.15) is 5.58 Å². The van der Waals surface area contributed by atoms with Crippen LogP contribution in [0, 0.1) is 6.92 Å². The van der Waals surface area contributed by atoms with Crippen LogP contribution in [0.5, 0.6) is 0 Å². The molecule has 2 heterocycles. The number of nitrogens with zero attached hydrogens (tertiary/aromatic N) is 1. The van der Waals surface area contributed by atoms with Crippen LogP contribution in [0.15, 0.2) is 162 Å². The highest BCUT2D eigenvalue weighted by molar-refractivity contribution is 6.74. The van der Waals surface area contributed by atoms with E-state index in [1.807, 2.05) is 0 Å². The molecule has 342 valence electrons. The maximum atomic E-state index is 7.22. The molecule has 1 N–H and O–H groups in total. The number of furan rings is 1. The summed E-state index contributed by atoms with van der Waals surface area (Å²) in [6.07, 6.45) is 4.60. The van der Waals surface area contributed by atoms with Crippen molar-refractivity contribution in [2.24, 2.45) is 0 Å². The van der Waals surface area contributed by atoms with Crippen LogP contribution in [-0.4, -0.2) is 7.28 Å². The van der Waals surface area contributed by atoms with Crippen molar-refractivity contribution >= 4 is 68.6 Å². The smallest absolute Gasteiger partial charge is 0.198 e. The second-order valence-electron chi connectivity index (χ2n) is 23.2. The fourth-order valence-electron chi connectivity index (χ4n) is 12.3. The van der Waals surface area contributed by atoms with Crippen LogP contribution in [0.2, 0.25) is 0 Å². The predicted octanol–water partition coefficient (Wildman–Crippen LogP) is 16.5. The number of benzene rings is 8. The Morgan fingerprint density at radius 1 is 0.478 bits per heavy atom. The number of rotatable bonds is 6. The van der Waals surface area contributed by atoms with Crippen LogP contribution in [0.25, 0.3) is 55.3 Å². The average Bonchev–Trinajstić information content (AvgIpc) is 3.73. The zero-order chi connectivity index (χ0) is 47.6. The Balaban J connectivity index is 1.16. The zero-order valence-corrected chi connectivity index (χ0v) is 41.9. The lowest BCUT2D eigenvalue weighted by atomic mass is 9.57. The van der Waals surface area contributed by atoms with Crippen LogP contribution in [-0.2, 0) is 21.7 Å². The first kappa shape index (κ1) is 43.5. The summed E-state index contributed by atoms with van der Waals surface area (Å²) in [4.78, 5) is 2.61. The lowest BCUT2D eigenvalue weighted by molar-refractivity contribution is 0.332. The van der Waals surface area contributed by atoms with Crippen molar-refractivity contribution in [3.8, 4) is 33.4 Å². The first-order chi connectivity index (χ1) is 33.1. The van der Waals surface area contributed by atoms with Gasteiger partial charge in [0.25, 0.3) is 0 Å². The third-order valence-corrected chi connectivity index (χ3v) is 16.7. The Labute approximate surface area is 409 Å². The molecular formula is C65H63BN2O. The molecule has 3 aliphatic rings. The van der Waals surface area contributed by atoms with E-state index in [1.165, 1.54) is 89.9 Å². The summed E-state index contributed by atoms with van der Waals surface area (Å²) < 4.78 is 7.22. The van der Waals surface area contributed by atoms with Crippen molar-refractivity contribution < 1.29 is 4.42 Å². The summed E-state index contributed by atoms with van der Waals surface area (Å²) in [5.74, 6) is 0. The van der Waals surface area contributed by atoms with Gasteiger partial charge in [0.05, 0.1) is 5.69 Å². The summed E-state index contributed by atoms with van der Waals surface area (Å²) in [6.45, 7) is 21.9. The van der Waals surface area contributed by atoms with Gasteiger partial charge in [-0.3, -0.25) is 0 Å². The Bertz CT molecular complexity index is 3500. The van der Waals surface area contributed by atoms with Crippen LogP contribution < -0.4 is 21.1 Å². The van der Waals surface area contributed by atoms with Gasteiger partial charge in [0.15, 0.2) is 12.9 Å². The van der Waals surface area contributed by atoms with Crippen molar-refractivity contribution in [2.45, 2.75) is 110 Å². The van der Waals surface area contributed by atoms with Gasteiger partial charge in [-0.25, -0.2) is 0 Å². The van der Waals surface area contributed by atoms with Gasteiger partial charge in [-0.05, 0) is 164 Å². The van der Waals surface area contributed by atoms with E-state index in [9.17, 15) is 0 Å². The maximum Gasteiger partial charge on any atom is 0.198 e. The lowest BCUT2D eigenvalue weighted by Gasteiger charge is -2.44. The van der Waals surface area contributed by atoms with E-state index >= 15 is 0 Å². The van der Waals surface area contributed by atoms with E-state index in [4.69, 9.17) is 4.42 Å². The number of nitrogens with one attached hydrogen (secondary N) is 1. The van der Waals surface area contributed by atoms with Crippen LogP contribution >= 0.6 is 0 Å². The molecule has 1 aromatic heterocycles. The zero-order valence-electron chi connectivity index (χ0n) is 41.9. The number of para-hydroxylation sites is 1. The summed E-state index contributed by atoms with van der Waals surface area (Å²) in [7, 11) is 0.762. The summed E-state index contributed by atoms with van der Waals surface area (Å²) in [6, 6.07) is 59.0. The van der Waals surface area contributed by atoms with Crippen LogP contribution in [0.1, 0.15) is 109 Å². The minimum atomic E-state index is 0.00919. The molecule has 0 bridgehead atoms. The number of aryl methyl sites for hydroxylation is 1. The van der Waals surface area contributed by atoms with Gasteiger partial charge >= 0.3 is 0 Å². The number of hydrogen-bond donors (Lipinski definition) is 1. The fourth-order valence-corrected chi connectivity index (χ4v) is 12.3. The molecule has 3 nitrogen and oxygen atoms in total. The monoisotopic (exact) mass is 899 g/mol. The van der Waals surface area contributed by atoms with E-state index in [0.717, 1.165) is 65.5 Å². The second-order valence-corrected chi connectivity index (χ2v) is 23.2. The Kier molecular flexibility index (Phi) is 9.85. The van der Waals surface area contributed by atoms with Gasteiger partial charge in [-0.1, -0.05) is 170 Å². The Morgan fingerprint density at radius 3 is 1.67 bits per heavy atom. The summed E-state index contributed by atoms with van der Waals surface area (Å²) in [5, 5.41) is 6.33. The molecule has 0 spiro atoms. The maximum absolute atomic E-state index is 7.22. The highest BCUT2D eigenvalue weighted by Gasteiger charge is 2.41. The van der Waals surface area contributed by atoms with Gasteiger partial charge < -0.3 is 14.6 Å². The van der Waals surface area contributed by atoms with Gasteiger partial charge in [0.2, 0.25) is 0 Å². The first-order valence-electron chi connectivity index (χ1n) is 25.3. The molecule has 0 radical (unpaired) electrons. The minimum absolute atomic E-state index is 0.00919. The molecular weight excluding hydrogens is 836 g/mol. The van der Waals surface area contributed by atoms with E-state index in [1.54, 1.807) is 0 Å². The molecule has 4 heteroatoms. The molecule has 12 rings (SSSR count). The van der Waals surface area contributed by atoms with Gasteiger partial charge in [-0.15, -0.1) is 0 Å². The van der Waals surface area contributed by atoms with E-state index in [0.29, 0.717) is 0 Å². The van der Waals surface area contributed by atoms with Crippen molar-refractivity contribution in [1.82, 2.24) is 0 Å². The third kappa shape index (κ3) is 7.16. The molecule has 0 amide bonds. The molecule has 2 aliphatic carbocycles. The quantitative estimate of drug-likeness (QED) is 0.169. The molecule has 8 aromatic carbocycles. The number of fused-ring (bicyclic) bond motifs is 8. The fraction of sp³-hybridized carbons (Fsp3) is 0.262. The topological polar surface area (TPSA) is 28.4 Å². The molecule has 0 fully saturated rings. The molecule has 0 atom stereocenters. The van der Waals surface area contributed by atoms with Crippen LogP contribution in [0.4, 0.5) is 28.4 Å². The summed E-state index contributed by atoms with van der Waals surface area (Å²) in [5.41, 5.74) is 24.8. The first-order valence-corrected chi connectivity index (χ1v) is 25.3. The molecule has 69 heavy (non-hydrogen) atoms. The van der Waals surface area contributed by atoms with Gasteiger partial charge in [0, 0.05) is 39.1 Å². The lowest BCUT2D eigenvalue weighted by Crippen LogP contribution is -2.42. The van der Waals surface area contributed by atoms with Crippen molar-refractivity contribution in [1.29, 1.82) is 0 Å². The molecule has 0 saturated heterocycles. The predicted molar refractivity (Wildman–Crippen MR) is 296 cm³/mol. The van der Waals surface area contributed by atoms with Gasteiger partial charge in [-0.2, -0.15) is 0 Å². The third-order valence-electron chi connectivity index (χ3n) is 16.7. The Morgan fingerprint density at radius 2 is 1.01 bits per heavy atom. The van der Waals surface area contributed by atoms with E-state index in [2.05, 4.69) is 230 Å². The highest BCUT2D eigenvalue weighted by atomic mass is 16.3. The van der Waals surface area contributed by atoms with Crippen LogP contribution in [0.3, 0.4) is 0 Å². The molecule has 9 aromatic rings. The summed E-state index contributed by atoms with van der Waals surface area (Å²) >= 11 is 0. The SMILES string of the molecule is Cc1cc2c(cc1N1c3cc(-c4ccccc4)ccc3Bc3c(-c4cc5c(cc4Nc4ccc(-c6ccccc6)cc4)C(C)(C)CCC5(C)C)cc4c(oc5ccccc54)c31)C(C)(C)CCC2(C)C. The second kappa shape index (κ2) is 15.6. The van der Waals surface area contributed by atoms with E-state index in [-0.39, 0.29) is 21.7 Å². The largest absolute Gasteiger partial charge is 0.454 e. The normalized spacial score (nSPS) is 17.1.